The van der Waals surface area contributed by atoms with E-state index < -0.39 is 5.82 Å². The van der Waals surface area contributed by atoms with E-state index in [2.05, 4.69) is 27.5 Å². The van der Waals surface area contributed by atoms with Gasteiger partial charge >= 0.3 is 0 Å². The minimum atomic E-state index is -0.489. The van der Waals surface area contributed by atoms with Gasteiger partial charge in [-0.05, 0) is 47.2 Å². The van der Waals surface area contributed by atoms with Gasteiger partial charge in [-0.2, -0.15) is 11.8 Å². The van der Waals surface area contributed by atoms with E-state index in [0.29, 0.717) is 9.72 Å². The average molecular weight is 346 g/mol. The lowest BCUT2D eigenvalue weighted by Gasteiger charge is -2.31. The van der Waals surface area contributed by atoms with Gasteiger partial charge in [0.05, 0.1) is 10.0 Å². The van der Waals surface area contributed by atoms with Crippen LogP contribution in [0.4, 0.5) is 4.39 Å². The highest BCUT2D eigenvalue weighted by molar-refractivity contribution is 9.10. The summed E-state index contributed by atoms with van der Waals surface area (Å²) in [6.45, 7) is 0. The minimum Gasteiger partial charge on any atom is -0.348 e. The van der Waals surface area contributed by atoms with Crippen molar-refractivity contribution in [1.82, 2.24) is 5.32 Å². The summed E-state index contributed by atoms with van der Waals surface area (Å²) in [5.74, 6) is -0.804. The first-order chi connectivity index (χ1) is 9.13. The van der Waals surface area contributed by atoms with Crippen LogP contribution >= 0.6 is 27.7 Å². The van der Waals surface area contributed by atoms with Crippen molar-refractivity contribution in [2.75, 3.05) is 6.26 Å². The zero-order valence-electron chi connectivity index (χ0n) is 10.8. The van der Waals surface area contributed by atoms with Crippen LogP contribution in [0.1, 0.15) is 36.0 Å². The molecule has 1 saturated carbocycles. The van der Waals surface area contributed by atoms with Gasteiger partial charge in [0.1, 0.15) is 5.82 Å². The quantitative estimate of drug-likeness (QED) is 0.897. The van der Waals surface area contributed by atoms with Crippen molar-refractivity contribution >= 4 is 33.6 Å². The second-order valence-corrected chi connectivity index (χ2v) is 6.67. The normalized spacial score (nSPS) is 23.1. The average Bonchev–Trinajstić information content (AvgIpc) is 2.42. The Hall–Kier alpha value is -0.550. The van der Waals surface area contributed by atoms with E-state index in [9.17, 15) is 9.18 Å². The first-order valence-corrected chi connectivity index (χ1v) is 8.49. The van der Waals surface area contributed by atoms with Crippen LogP contribution < -0.4 is 5.32 Å². The molecule has 2 nitrogen and oxygen atoms in total. The van der Waals surface area contributed by atoms with Gasteiger partial charge in [-0.3, -0.25) is 4.79 Å². The van der Waals surface area contributed by atoms with E-state index in [-0.39, 0.29) is 17.5 Å². The molecular weight excluding hydrogens is 329 g/mol. The van der Waals surface area contributed by atoms with Gasteiger partial charge in [0.2, 0.25) is 0 Å². The number of thioether (sulfide) groups is 1. The Morgan fingerprint density at radius 3 is 2.89 bits per heavy atom. The van der Waals surface area contributed by atoms with E-state index in [1.54, 1.807) is 23.9 Å². The largest absolute Gasteiger partial charge is 0.348 e. The van der Waals surface area contributed by atoms with Crippen molar-refractivity contribution in [3.8, 4) is 0 Å². The summed E-state index contributed by atoms with van der Waals surface area (Å²) in [5, 5.41) is 3.42. The summed E-state index contributed by atoms with van der Waals surface area (Å²) in [5.41, 5.74) is 0.111. The Morgan fingerprint density at radius 2 is 2.16 bits per heavy atom. The van der Waals surface area contributed by atoms with Crippen molar-refractivity contribution in [2.24, 2.45) is 0 Å². The van der Waals surface area contributed by atoms with Gasteiger partial charge in [0.25, 0.3) is 5.91 Å². The molecule has 1 N–H and O–H groups in total. The second-order valence-electron chi connectivity index (χ2n) is 4.74. The molecule has 0 saturated heterocycles. The molecule has 0 bridgehead atoms. The molecule has 1 fully saturated rings. The summed E-state index contributed by atoms with van der Waals surface area (Å²) in [4.78, 5) is 12.2. The molecule has 0 spiro atoms. The number of carbonyl (C=O) groups excluding carboxylic acids is 1. The van der Waals surface area contributed by atoms with E-state index >= 15 is 0 Å². The lowest BCUT2D eigenvalue weighted by Crippen LogP contribution is -2.43. The van der Waals surface area contributed by atoms with Gasteiger partial charge in [0, 0.05) is 11.3 Å². The molecule has 104 valence electrons. The predicted octanol–water partition coefficient (Wildman–Crippen LogP) is 3.99. The predicted molar refractivity (Wildman–Crippen MR) is 81.1 cm³/mol. The van der Waals surface area contributed by atoms with Gasteiger partial charge < -0.3 is 5.32 Å². The highest BCUT2D eigenvalue weighted by atomic mass is 79.9. The van der Waals surface area contributed by atoms with Crippen LogP contribution in [0.25, 0.3) is 0 Å². The van der Waals surface area contributed by atoms with E-state index in [0.717, 1.165) is 19.3 Å². The third-order valence-corrected chi connectivity index (χ3v) is 5.30. The lowest BCUT2D eigenvalue weighted by atomic mass is 9.94. The Labute approximate surface area is 125 Å². The maximum Gasteiger partial charge on any atom is 0.254 e. The summed E-state index contributed by atoms with van der Waals surface area (Å²) in [6, 6.07) is 4.94. The zero-order chi connectivity index (χ0) is 13.8. The maximum absolute atomic E-state index is 13.9. The first kappa shape index (κ1) is 14.9. The topological polar surface area (TPSA) is 29.1 Å². The molecule has 2 unspecified atom stereocenters. The number of carbonyl (C=O) groups is 1. The van der Waals surface area contributed by atoms with Crippen molar-refractivity contribution in [3.63, 3.8) is 0 Å². The second kappa shape index (κ2) is 6.75. The molecule has 5 heteroatoms. The molecule has 0 heterocycles. The number of hydrogen-bond donors (Lipinski definition) is 1. The van der Waals surface area contributed by atoms with E-state index in [1.165, 1.54) is 12.5 Å². The highest BCUT2D eigenvalue weighted by Gasteiger charge is 2.26. The molecular formula is C14H17BrFNOS. The monoisotopic (exact) mass is 345 g/mol. The van der Waals surface area contributed by atoms with Gasteiger partial charge in [0.15, 0.2) is 0 Å². The number of amides is 1. The SMILES string of the molecule is CSC1CCCCC1NC(=O)c1cccc(Br)c1F. The number of nitrogens with one attached hydrogen (secondary N) is 1. The smallest absolute Gasteiger partial charge is 0.254 e. The highest BCUT2D eigenvalue weighted by Crippen LogP contribution is 2.27. The van der Waals surface area contributed by atoms with Crippen LogP contribution in [0.15, 0.2) is 22.7 Å². The number of hydrogen-bond acceptors (Lipinski definition) is 2. The van der Waals surface area contributed by atoms with Crippen LogP contribution in [0, 0.1) is 5.82 Å². The molecule has 1 aromatic carbocycles. The van der Waals surface area contributed by atoms with E-state index in [1.807, 2.05) is 0 Å². The van der Waals surface area contributed by atoms with Crippen LogP contribution in [0.2, 0.25) is 0 Å². The Kier molecular flexibility index (Phi) is 5.28. The fourth-order valence-electron chi connectivity index (χ4n) is 2.47. The standard InChI is InChI=1S/C14H17BrFNOS/c1-19-12-8-3-2-7-11(12)17-14(18)9-5-4-6-10(15)13(9)16/h4-6,11-12H,2-3,7-8H2,1H3,(H,17,18). The molecule has 0 radical (unpaired) electrons. The third kappa shape index (κ3) is 3.51. The molecule has 1 aromatic rings. The van der Waals surface area contributed by atoms with Crippen molar-refractivity contribution in [2.45, 2.75) is 37.0 Å². The zero-order valence-corrected chi connectivity index (χ0v) is 13.2. The summed E-state index contributed by atoms with van der Waals surface area (Å²) in [6.07, 6.45) is 6.50. The molecule has 1 aliphatic carbocycles. The fourth-order valence-corrected chi connectivity index (χ4v) is 3.77. The van der Waals surface area contributed by atoms with Crippen LogP contribution in [0.5, 0.6) is 0 Å². The lowest BCUT2D eigenvalue weighted by molar-refractivity contribution is 0.0925. The third-order valence-electron chi connectivity index (χ3n) is 3.52. The summed E-state index contributed by atoms with van der Waals surface area (Å²) < 4.78 is 14.2. The number of halogens is 2. The van der Waals surface area contributed by atoms with Gasteiger partial charge in [-0.25, -0.2) is 4.39 Å². The van der Waals surface area contributed by atoms with Gasteiger partial charge in [-0.1, -0.05) is 18.9 Å². The number of rotatable bonds is 3. The molecule has 0 aliphatic heterocycles. The fraction of sp³-hybridized carbons (Fsp3) is 0.500. The molecule has 19 heavy (non-hydrogen) atoms. The first-order valence-electron chi connectivity index (χ1n) is 6.41. The molecule has 0 aromatic heterocycles. The van der Waals surface area contributed by atoms with Crippen molar-refractivity contribution in [1.29, 1.82) is 0 Å². The Balaban J connectivity index is 2.09. The molecule has 1 amide bonds. The van der Waals surface area contributed by atoms with Crippen LogP contribution in [0.3, 0.4) is 0 Å². The summed E-state index contributed by atoms with van der Waals surface area (Å²) >= 11 is 4.89. The Bertz CT molecular complexity index is 469. The molecule has 1 aliphatic rings. The molecule has 2 rings (SSSR count). The molecule has 2 atom stereocenters. The van der Waals surface area contributed by atoms with Crippen molar-refractivity contribution in [3.05, 3.63) is 34.1 Å². The minimum absolute atomic E-state index is 0.111. The summed E-state index contributed by atoms with van der Waals surface area (Å²) in [7, 11) is 0. The van der Waals surface area contributed by atoms with Crippen LogP contribution in [-0.2, 0) is 0 Å². The van der Waals surface area contributed by atoms with E-state index in [4.69, 9.17) is 0 Å². The Morgan fingerprint density at radius 1 is 1.42 bits per heavy atom. The maximum atomic E-state index is 13.9. The van der Waals surface area contributed by atoms with Crippen molar-refractivity contribution < 1.29 is 9.18 Å². The van der Waals surface area contributed by atoms with Crippen LogP contribution in [-0.4, -0.2) is 23.5 Å². The van der Waals surface area contributed by atoms with Gasteiger partial charge in [-0.15, -0.1) is 0 Å². The number of benzene rings is 1.